The fraction of sp³-hybridized carbons (Fsp3) is 0.368. The van der Waals surface area contributed by atoms with E-state index < -0.39 is 24.3 Å². The van der Waals surface area contributed by atoms with E-state index in [1.165, 1.54) is 11.3 Å². The number of hydrogen-bond donors (Lipinski definition) is 2. The van der Waals surface area contributed by atoms with E-state index in [1.54, 1.807) is 26.8 Å². The summed E-state index contributed by atoms with van der Waals surface area (Å²) in [5.41, 5.74) is 1.43. The first kappa shape index (κ1) is 21.4. The number of aromatic nitrogens is 1. The predicted octanol–water partition coefficient (Wildman–Crippen LogP) is 2.33. The molecule has 0 radical (unpaired) electrons. The number of carbonyl (C=O) groups excluding carboxylic acids is 4. The molecule has 28 heavy (non-hydrogen) atoms. The smallest absolute Gasteiger partial charge is 0.340 e. The monoisotopic (exact) mass is 406 g/mol. The Balaban J connectivity index is 1.89. The van der Waals surface area contributed by atoms with E-state index in [4.69, 9.17) is 9.47 Å². The number of thiophene rings is 1. The molecular formula is C19H22N2O6S. The molecule has 0 aliphatic carbocycles. The third-order valence-electron chi connectivity index (χ3n) is 3.92. The summed E-state index contributed by atoms with van der Waals surface area (Å²) in [5, 5.41) is 2.45. The van der Waals surface area contributed by atoms with Crippen molar-refractivity contribution in [3.05, 3.63) is 44.4 Å². The third-order valence-corrected chi connectivity index (χ3v) is 4.92. The van der Waals surface area contributed by atoms with Crippen molar-refractivity contribution in [2.45, 2.75) is 27.7 Å². The highest BCUT2D eigenvalue weighted by Crippen LogP contribution is 2.19. The van der Waals surface area contributed by atoms with Crippen LogP contribution in [0.1, 0.15) is 53.6 Å². The molecule has 0 aliphatic heterocycles. The molecule has 0 unspecified atom stereocenters. The Kier molecular flexibility index (Phi) is 7.11. The van der Waals surface area contributed by atoms with Crippen molar-refractivity contribution >= 4 is 35.0 Å². The Morgan fingerprint density at radius 2 is 1.82 bits per heavy atom. The van der Waals surface area contributed by atoms with Crippen LogP contribution in [0, 0.1) is 20.8 Å². The van der Waals surface area contributed by atoms with Gasteiger partial charge in [0.25, 0.3) is 5.91 Å². The SMILES string of the molecule is CCOC(=O)c1c(C)[nH]c(C(=O)COC(=O)CNC(=O)c2ccc(C)s2)c1C. The number of ketones is 1. The minimum Gasteiger partial charge on any atom is -0.462 e. The Morgan fingerprint density at radius 1 is 1.11 bits per heavy atom. The summed E-state index contributed by atoms with van der Waals surface area (Å²) in [5.74, 6) is -2.11. The van der Waals surface area contributed by atoms with Crippen molar-refractivity contribution in [2.75, 3.05) is 19.8 Å². The van der Waals surface area contributed by atoms with E-state index in [1.807, 2.05) is 13.0 Å². The van der Waals surface area contributed by atoms with Crippen LogP contribution in [0.5, 0.6) is 0 Å². The Hall–Kier alpha value is -2.94. The van der Waals surface area contributed by atoms with Gasteiger partial charge >= 0.3 is 11.9 Å². The fourth-order valence-corrected chi connectivity index (χ4v) is 3.39. The second-order valence-electron chi connectivity index (χ2n) is 6.02. The maximum Gasteiger partial charge on any atom is 0.340 e. The normalized spacial score (nSPS) is 10.4. The molecule has 0 saturated heterocycles. The van der Waals surface area contributed by atoms with Gasteiger partial charge in [-0.1, -0.05) is 0 Å². The van der Waals surface area contributed by atoms with Crippen LogP contribution < -0.4 is 5.32 Å². The van der Waals surface area contributed by atoms with Gasteiger partial charge in [0.05, 0.1) is 22.7 Å². The van der Waals surface area contributed by atoms with Gasteiger partial charge < -0.3 is 19.8 Å². The Bertz CT molecular complexity index is 912. The molecule has 0 bridgehead atoms. The number of aryl methyl sites for hydroxylation is 2. The quantitative estimate of drug-likeness (QED) is 0.514. The lowest BCUT2D eigenvalue weighted by molar-refractivity contribution is -0.141. The fourth-order valence-electron chi connectivity index (χ4n) is 2.60. The first-order valence-corrected chi connectivity index (χ1v) is 9.46. The van der Waals surface area contributed by atoms with Crippen LogP contribution in [-0.2, 0) is 14.3 Å². The van der Waals surface area contributed by atoms with Gasteiger partial charge in [0.15, 0.2) is 6.61 Å². The average Bonchev–Trinajstić information content (AvgIpc) is 3.20. The first-order valence-electron chi connectivity index (χ1n) is 8.64. The maximum absolute atomic E-state index is 12.3. The highest BCUT2D eigenvalue weighted by Gasteiger charge is 2.23. The van der Waals surface area contributed by atoms with Crippen LogP contribution in [0.4, 0.5) is 0 Å². The molecule has 2 N–H and O–H groups in total. The summed E-state index contributed by atoms with van der Waals surface area (Å²) in [6.45, 7) is 6.21. The number of esters is 2. The van der Waals surface area contributed by atoms with Gasteiger partial charge in [0, 0.05) is 10.6 Å². The molecule has 2 rings (SSSR count). The van der Waals surface area contributed by atoms with Crippen LogP contribution in [0.15, 0.2) is 12.1 Å². The van der Waals surface area contributed by atoms with Gasteiger partial charge in [-0.05, 0) is 45.4 Å². The van der Waals surface area contributed by atoms with Gasteiger partial charge in [-0.3, -0.25) is 14.4 Å². The molecule has 0 fully saturated rings. The van der Waals surface area contributed by atoms with Crippen molar-refractivity contribution in [3.8, 4) is 0 Å². The van der Waals surface area contributed by atoms with E-state index >= 15 is 0 Å². The van der Waals surface area contributed by atoms with Gasteiger partial charge in [0.2, 0.25) is 5.78 Å². The molecular weight excluding hydrogens is 384 g/mol. The molecule has 0 spiro atoms. The van der Waals surface area contributed by atoms with Gasteiger partial charge in [-0.15, -0.1) is 11.3 Å². The summed E-state index contributed by atoms with van der Waals surface area (Å²) in [4.78, 5) is 52.3. The molecule has 0 atom stereocenters. The van der Waals surface area contributed by atoms with Crippen molar-refractivity contribution in [2.24, 2.45) is 0 Å². The Morgan fingerprint density at radius 3 is 2.43 bits per heavy atom. The highest BCUT2D eigenvalue weighted by molar-refractivity contribution is 7.13. The second-order valence-corrected chi connectivity index (χ2v) is 7.31. The summed E-state index contributed by atoms with van der Waals surface area (Å²) < 4.78 is 9.90. The van der Waals surface area contributed by atoms with E-state index in [0.717, 1.165) is 4.88 Å². The zero-order valence-electron chi connectivity index (χ0n) is 16.1. The van der Waals surface area contributed by atoms with E-state index in [2.05, 4.69) is 10.3 Å². The lowest BCUT2D eigenvalue weighted by Crippen LogP contribution is -2.31. The molecule has 0 saturated carbocycles. The predicted molar refractivity (Wildman–Crippen MR) is 103 cm³/mol. The molecule has 1 amide bonds. The maximum atomic E-state index is 12.3. The lowest BCUT2D eigenvalue weighted by Gasteiger charge is -2.06. The number of Topliss-reactive ketones (excluding diaryl/α,β-unsaturated/α-hetero) is 1. The van der Waals surface area contributed by atoms with Crippen LogP contribution in [0.25, 0.3) is 0 Å². The zero-order chi connectivity index (χ0) is 20.8. The molecule has 8 nitrogen and oxygen atoms in total. The second kappa shape index (κ2) is 9.32. The highest BCUT2D eigenvalue weighted by atomic mass is 32.1. The minimum absolute atomic E-state index is 0.187. The molecule has 2 aromatic rings. The van der Waals surface area contributed by atoms with Gasteiger partial charge in [0.1, 0.15) is 6.54 Å². The number of ether oxygens (including phenoxy) is 2. The molecule has 0 aromatic carbocycles. The Labute approximate surface area is 166 Å². The third kappa shape index (κ3) is 5.07. The van der Waals surface area contributed by atoms with Crippen molar-refractivity contribution in [3.63, 3.8) is 0 Å². The summed E-state index contributed by atoms with van der Waals surface area (Å²) >= 11 is 1.31. The largest absolute Gasteiger partial charge is 0.462 e. The van der Waals surface area contributed by atoms with Gasteiger partial charge in [-0.2, -0.15) is 0 Å². The number of carbonyl (C=O) groups is 4. The summed E-state index contributed by atoms with van der Waals surface area (Å²) in [7, 11) is 0. The lowest BCUT2D eigenvalue weighted by atomic mass is 10.1. The van der Waals surface area contributed by atoms with E-state index in [0.29, 0.717) is 21.7 Å². The number of H-pyrrole nitrogens is 1. The molecule has 150 valence electrons. The summed E-state index contributed by atoms with van der Waals surface area (Å²) in [6.07, 6.45) is 0. The number of amides is 1. The minimum atomic E-state index is -0.735. The number of aromatic amines is 1. The van der Waals surface area contributed by atoms with Crippen molar-refractivity contribution in [1.29, 1.82) is 0 Å². The van der Waals surface area contributed by atoms with E-state index in [-0.39, 0.29) is 24.8 Å². The molecule has 0 aliphatic rings. The van der Waals surface area contributed by atoms with Crippen LogP contribution in [-0.4, -0.2) is 48.4 Å². The standard InChI is InChI=1S/C19H22N2O6S/c1-5-26-19(25)16-11(3)17(21-12(16)4)13(22)9-27-15(23)8-20-18(24)14-7-6-10(2)28-14/h6-7,21H,5,8-9H2,1-4H3,(H,20,24). The summed E-state index contributed by atoms with van der Waals surface area (Å²) in [6, 6.07) is 3.48. The molecule has 2 heterocycles. The van der Waals surface area contributed by atoms with Gasteiger partial charge in [-0.25, -0.2) is 4.79 Å². The molecule has 9 heteroatoms. The first-order chi connectivity index (χ1) is 13.2. The number of hydrogen-bond acceptors (Lipinski definition) is 7. The van der Waals surface area contributed by atoms with Crippen molar-refractivity contribution < 1.29 is 28.7 Å². The van der Waals surface area contributed by atoms with Crippen LogP contribution in [0.3, 0.4) is 0 Å². The zero-order valence-corrected chi connectivity index (χ0v) is 17.0. The van der Waals surface area contributed by atoms with Crippen molar-refractivity contribution in [1.82, 2.24) is 10.3 Å². The van der Waals surface area contributed by atoms with E-state index in [9.17, 15) is 19.2 Å². The number of nitrogens with one attached hydrogen (secondary N) is 2. The number of rotatable bonds is 8. The average molecular weight is 406 g/mol. The van der Waals surface area contributed by atoms with Crippen LogP contribution >= 0.6 is 11.3 Å². The molecule has 2 aromatic heterocycles. The topological polar surface area (TPSA) is 115 Å². The van der Waals surface area contributed by atoms with Crippen LogP contribution in [0.2, 0.25) is 0 Å².